The Bertz CT molecular complexity index is 697. The first-order chi connectivity index (χ1) is 11.0. The fourth-order valence-corrected chi connectivity index (χ4v) is 2.82. The maximum absolute atomic E-state index is 11.7. The molecule has 0 aliphatic carbocycles. The van der Waals surface area contributed by atoms with Crippen LogP contribution in [0.1, 0.15) is 23.2 Å². The predicted molar refractivity (Wildman–Crippen MR) is 91.6 cm³/mol. The molecule has 2 heterocycles. The van der Waals surface area contributed by atoms with Crippen LogP contribution in [-0.4, -0.2) is 46.6 Å². The van der Waals surface area contributed by atoms with Gasteiger partial charge in [-0.05, 0) is 12.8 Å². The molecule has 7 nitrogen and oxygen atoms in total. The van der Waals surface area contributed by atoms with Crippen molar-refractivity contribution < 1.29 is 19.5 Å². The van der Waals surface area contributed by atoms with Crippen LogP contribution in [-0.2, 0) is 0 Å². The second kappa shape index (κ2) is 7.21. The molecule has 130 valence electrons. The van der Waals surface area contributed by atoms with Crippen LogP contribution in [0.3, 0.4) is 0 Å². The van der Waals surface area contributed by atoms with Gasteiger partial charge >= 0.3 is 5.97 Å². The third-order valence-corrected chi connectivity index (χ3v) is 4.30. The minimum Gasteiger partial charge on any atom is -0.477 e. The Hall–Kier alpha value is -2.09. The Balaban J connectivity index is 0.00000208. The minimum absolute atomic E-state index is 0. The number of aliphatic hydroxyl groups is 1. The number of anilines is 1. The van der Waals surface area contributed by atoms with Crippen molar-refractivity contribution in [2.45, 2.75) is 18.4 Å². The minimum atomic E-state index is -1.08. The van der Waals surface area contributed by atoms with Gasteiger partial charge in [-0.2, -0.15) is 0 Å². The first-order valence-corrected chi connectivity index (χ1v) is 7.50. The highest BCUT2D eigenvalue weighted by Crippen LogP contribution is 2.33. The normalized spacial score (nSPS) is 16.5. The van der Waals surface area contributed by atoms with Crippen molar-refractivity contribution in [3.63, 3.8) is 0 Å². The number of carboxylic acids is 1. The Kier molecular flexibility index (Phi) is 5.48. The molecule has 0 radical (unpaired) electrons. The van der Waals surface area contributed by atoms with Gasteiger partial charge in [-0.1, -0.05) is 35.5 Å². The number of nitrogens with zero attached hydrogens (tertiary/aromatic N) is 2. The zero-order valence-corrected chi connectivity index (χ0v) is 13.8. The topological polar surface area (TPSA) is 113 Å². The number of carbonyl (C=O) groups is 1. The molecule has 1 aromatic carbocycles. The van der Waals surface area contributed by atoms with E-state index in [1.54, 1.807) is 12.1 Å². The number of hydrogen-bond donors (Lipinski definition) is 3. The van der Waals surface area contributed by atoms with Crippen LogP contribution in [0.25, 0.3) is 11.3 Å². The highest BCUT2D eigenvalue weighted by atomic mass is 35.5. The Morgan fingerprint density at radius 2 is 1.92 bits per heavy atom. The molecule has 1 saturated heterocycles. The average Bonchev–Trinajstić information content (AvgIpc) is 3.01. The maximum atomic E-state index is 11.7. The molecule has 2 aromatic rings. The van der Waals surface area contributed by atoms with E-state index in [-0.39, 0.29) is 30.3 Å². The molecular weight excluding hydrogens is 334 g/mol. The summed E-state index contributed by atoms with van der Waals surface area (Å²) in [5, 5.41) is 23.7. The number of aromatic nitrogens is 1. The summed E-state index contributed by atoms with van der Waals surface area (Å²) in [6.07, 6.45) is 0.937. The summed E-state index contributed by atoms with van der Waals surface area (Å²) in [4.78, 5) is 13.5. The van der Waals surface area contributed by atoms with E-state index < -0.39 is 11.6 Å². The number of nitrogens with two attached hydrogens (primary N) is 1. The van der Waals surface area contributed by atoms with Crippen LogP contribution in [0.4, 0.5) is 5.82 Å². The van der Waals surface area contributed by atoms with E-state index in [0.717, 1.165) is 0 Å². The second-order valence-electron chi connectivity index (χ2n) is 5.80. The third kappa shape index (κ3) is 3.38. The van der Waals surface area contributed by atoms with E-state index in [1.807, 2.05) is 23.1 Å². The van der Waals surface area contributed by atoms with Crippen LogP contribution < -0.4 is 10.6 Å². The molecule has 0 atom stereocenters. The summed E-state index contributed by atoms with van der Waals surface area (Å²) < 4.78 is 5.31. The highest BCUT2D eigenvalue weighted by molar-refractivity contribution is 5.99. The number of aromatic carboxylic acids is 1. The zero-order chi connectivity index (χ0) is 16.4. The van der Waals surface area contributed by atoms with E-state index in [9.17, 15) is 15.0 Å². The summed E-state index contributed by atoms with van der Waals surface area (Å²) in [6, 6.07) is 9.02. The number of hydrogen-bond acceptors (Lipinski definition) is 6. The summed E-state index contributed by atoms with van der Waals surface area (Å²) >= 11 is 0. The predicted octanol–water partition coefficient (Wildman–Crippen LogP) is 1.75. The lowest BCUT2D eigenvalue weighted by molar-refractivity contribution is 0.0247. The zero-order valence-electron chi connectivity index (χ0n) is 13.0. The van der Waals surface area contributed by atoms with E-state index in [2.05, 4.69) is 5.16 Å². The lowest BCUT2D eigenvalue weighted by Gasteiger charge is -2.37. The Labute approximate surface area is 145 Å². The van der Waals surface area contributed by atoms with Gasteiger partial charge in [-0.15, -0.1) is 12.4 Å². The molecule has 0 unspecified atom stereocenters. The van der Waals surface area contributed by atoms with Gasteiger partial charge in [-0.25, -0.2) is 4.79 Å². The number of piperidine rings is 1. The van der Waals surface area contributed by atoms with Crippen LogP contribution in [0.5, 0.6) is 0 Å². The van der Waals surface area contributed by atoms with E-state index in [4.69, 9.17) is 10.3 Å². The summed E-state index contributed by atoms with van der Waals surface area (Å²) in [5.74, 6) is -0.539. The Morgan fingerprint density at radius 1 is 1.29 bits per heavy atom. The SMILES string of the molecule is Cl.NCC1(O)CCN(c2noc(-c3ccccc3)c2C(=O)O)CC1. The molecule has 0 amide bonds. The lowest BCUT2D eigenvalue weighted by atomic mass is 9.91. The molecule has 1 aliphatic rings. The molecule has 4 N–H and O–H groups in total. The number of carboxylic acid groups (broad SMARTS) is 1. The summed E-state index contributed by atoms with van der Waals surface area (Å²) in [5.41, 5.74) is 5.42. The molecule has 0 bridgehead atoms. The molecule has 1 aliphatic heterocycles. The first kappa shape index (κ1) is 18.3. The maximum Gasteiger partial charge on any atom is 0.343 e. The molecule has 1 aromatic heterocycles. The van der Waals surface area contributed by atoms with Gasteiger partial charge < -0.3 is 25.4 Å². The van der Waals surface area contributed by atoms with Crippen molar-refractivity contribution in [1.29, 1.82) is 0 Å². The van der Waals surface area contributed by atoms with Crippen LogP contribution in [0.15, 0.2) is 34.9 Å². The van der Waals surface area contributed by atoms with Gasteiger partial charge in [0.2, 0.25) is 0 Å². The molecule has 0 saturated carbocycles. The highest BCUT2D eigenvalue weighted by Gasteiger charge is 2.35. The largest absolute Gasteiger partial charge is 0.477 e. The third-order valence-electron chi connectivity index (χ3n) is 4.30. The fourth-order valence-electron chi connectivity index (χ4n) is 2.82. The smallest absolute Gasteiger partial charge is 0.343 e. The molecule has 24 heavy (non-hydrogen) atoms. The van der Waals surface area contributed by atoms with Crippen LogP contribution in [0, 0.1) is 0 Å². The summed E-state index contributed by atoms with van der Waals surface area (Å²) in [6.45, 7) is 1.16. The Morgan fingerprint density at radius 3 is 2.46 bits per heavy atom. The van der Waals surface area contributed by atoms with Gasteiger partial charge in [0.15, 0.2) is 17.1 Å². The van der Waals surface area contributed by atoms with Crippen molar-refractivity contribution in [1.82, 2.24) is 5.16 Å². The van der Waals surface area contributed by atoms with Crippen molar-refractivity contribution in [2.75, 3.05) is 24.5 Å². The van der Waals surface area contributed by atoms with Crippen LogP contribution in [0.2, 0.25) is 0 Å². The van der Waals surface area contributed by atoms with E-state index in [1.165, 1.54) is 0 Å². The van der Waals surface area contributed by atoms with Gasteiger partial charge in [0.1, 0.15) is 0 Å². The van der Waals surface area contributed by atoms with E-state index >= 15 is 0 Å². The second-order valence-corrected chi connectivity index (χ2v) is 5.80. The molecule has 0 spiro atoms. The van der Waals surface area contributed by atoms with E-state index in [0.29, 0.717) is 37.3 Å². The molecule has 3 rings (SSSR count). The average molecular weight is 354 g/mol. The van der Waals surface area contributed by atoms with Crippen molar-refractivity contribution >= 4 is 24.2 Å². The van der Waals surface area contributed by atoms with Crippen LogP contribution >= 0.6 is 12.4 Å². The summed E-state index contributed by atoms with van der Waals surface area (Å²) in [7, 11) is 0. The number of rotatable bonds is 4. The number of halogens is 1. The standard InChI is InChI=1S/C16H19N3O4.ClH/c17-10-16(22)6-8-19(9-7-16)14-12(15(20)21)13(23-18-14)11-4-2-1-3-5-11;/h1-5,22H,6-10,17H2,(H,20,21);1H. The lowest BCUT2D eigenvalue weighted by Crippen LogP contribution is -2.49. The number of benzene rings is 1. The monoisotopic (exact) mass is 353 g/mol. The molecular formula is C16H20ClN3O4. The van der Waals surface area contributed by atoms with Crippen molar-refractivity contribution in [3.8, 4) is 11.3 Å². The van der Waals surface area contributed by atoms with Crippen molar-refractivity contribution in [3.05, 3.63) is 35.9 Å². The van der Waals surface area contributed by atoms with Crippen molar-refractivity contribution in [2.24, 2.45) is 5.73 Å². The first-order valence-electron chi connectivity index (χ1n) is 7.50. The molecule has 8 heteroatoms. The quantitative estimate of drug-likeness (QED) is 0.767. The van der Waals surface area contributed by atoms with Gasteiger partial charge in [0.05, 0.1) is 5.60 Å². The van der Waals surface area contributed by atoms with Gasteiger partial charge in [-0.3, -0.25) is 0 Å². The fraction of sp³-hybridized carbons (Fsp3) is 0.375. The van der Waals surface area contributed by atoms with Gasteiger partial charge in [0.25, 0.3) is 0 Å². The van der Waals surface area contributed by atoms with Gasteiger partial charge in [0, 0.05) is 25.2 Å². The molecule has 1 fully saturated rings.